The monoisotopic (exact) mass is 307 g/mol. The molecular formula is C19H21N3O. The van der Waals surface area contributed by atoms with Gasteiger partial charge in [0.2, 0.25) is 5.91 Å². The molecule has 23 heavy (non-hydrogen) atoms. The predicted octanol–water partition coefficient (Wildman–Crippen LogP) is 3.36. The lowest BCUT2D eigenvalue weighted by molar-refractivity contribution is -0.136. The van der Waals surface area contributed by atoms with Crippen molar-refractivity contribution in [1.29, 1.82) is 0 Å². The van der Waals surface area contributed by atoms with Crippen molar-refractivity contribution in [3.63, 3.8) is 0 Å². The van der Waals surface area contributed by atoms with Crippen molar-refractivity contribution in [2.75, 3.05) is 0 Å². The van der Waals surface area contributed by atoms with Gasteiger partial charge in [0.15, 0.2) is 0 Å². The van der Waals surface area contributed by atoms with Crippen LogP contribution in [-0.4, -0.2) is 26.4 Å². The zero-order chi connectivity index (χ0) is 16.1. The number of nitrogens with zero attached hydrogens (tertiary/aromatic N) is 3. The molecule has 1 aromatic carbocycles. The molecule has 1 aliphatic heterocycles. The molecule has 1 aliphatic rings. The molecule has 4 heteroatoms. The SMILES string of the molecule is C=CC[C@@H]1CC=C[C@@H](c2ccccc2)N1C(=O)Cn1ccnc1. The standard InChI is InChI=1S/C19H21N3O/c1-2-7-17-10-6-11-18(16-8-4-3-5-9-16)22(17)19(23)14-21-13-12-20-15-21/h2-6,8-9,11-13,15,17-18H,1,7,10,14H2/t17-,18+/m1/s1. The minimum absolute atomic E-state index is 0.0223. The molecule has 0 unspecified atom stereocenters. The van der Waals surface area contributed by atoms with Gasteiger partial charge in [-0.2, -0.15) is 0 Å². The Morgan fingerprint density at radius 2 is 2.17 bits per heavy atom. The Hall–Kier alpha value is -2.62. The molecule has 2 heterocycles. The number of hydrogen-bond acceptors (Lipinski definition) is 2. The molecule has 2 atom stereocenters. The maximum Gasteiger partial charge on any atom is 0.243 e. The second-order valence-electron chi connectivity index (χ2n) is 5.73. The third-order valence-corrected chi connectivity index (χ3v) is 4.16. The smallest absolute Gasteiger partial charge is 0.243 e. The van der Waals surface area contributed by atoms with Gasteiger partial charge in [-0.1, -0.05) is 48.6 Å². The third-order valence-electron chi connectivity index (χ3n) is 4.16. The van der Waals surface area contributed by atoms with Gasteiger partial charge < -0.3 is 9.47 Å². The lowest BCUT2D eigenvalue weighted by atomic mass is 9.94. The summed E-state index contributed by atoms with van der Waals surface area (Å²) in [6, 6.07) is 10.3. The highest BCUT2D eigenvalue weighted by atomic mass is 16.2. The molecule has 3 rings (SSSR count). The first-order valence-electron chi connectivity index (χ1n) is 7.89. The van der Waals surface area contributed by atoms with E-state index < -0.39 is 0 Å². The Labute approximate surface area is 136 Å². The Balaban J connectivity index is 1.89. The number of amides is 1. The molecule has 2 aromatic rings. The van der Waals surface area contributed by atoms with Gasteiger partial charge in [0.05, 0.1) is 12.4 Å². The van der Waals surface area contributed by atoms with Crippen LogP contribution in [0, 0.1) is 0 Å². The molecule has 0 radical (unpaired) electrons. The van der Waals surface area contributed by atoms with Gasteiger partial charge in [0.1, 0.15) is 6.54 Å². The van der Waals surface area contributed by atoms with E-state index in [4.69, 9.17) is 0 Å². The summed E-state index contributed by atoms with van der Waals surface area (Å²) in [7, 11) is 0. The van der Waals surface area contributed by atoms with Crippen LogP contribution in [0.2, 0.25) is 0 Å². The number of imidazole rings is 1. The molecular weight excluding hydrogens is 286 g/mol. The summed E-state index contributed by atoms with van der Waals surface area (Å²) < 4.78 is 1.81. The third kappa shape index (κ3) is 3.42. The summed E-state index contributed by atoms with van der Waals surface area (Å²) in [5.41, 5.74) is 1.14. The van der Waals surface area contributed by atoms with Crippen molar-refractivity contribution < 1.29 is 4.79 Å². The van der Waals surface area contributed by atoms with E-state index in [-0.39, 0.29) is 18.0 Å². The Morgan fingerprint density at radius 1 is 1.35 bits per heavy atom. The maximum absolute atomic E-state index is 12.9. The number of rotatable bonds is 5. The second kappa shape index (κ2) is 7.09. The quantitative estimate of drug-likeness (QED) is 0.794. The molecule has 0 N–H and O–H groups in total. The molecule has 0 aliphatic carbocycles. The van der Waals surface area contributed by atoms with Crippen LogP contribution in [-0.2, 0) is 11.3 Å². The fourth-order valence-electron chi connectivity index (χ4n) is 3.10. The molecule has 0 fully saturated rings. The number of carbonyl (C=O) groups is 1. The van der Waals surface area contributed by atoms with Gasteiger partial charge in [-0.05, 0) is 18.4 Å². The fourth-order valence-corrected chi connectivity index (χ4v) is 3.10. The van der Waals surface area contributed by atoms with E-state index in [2.05, 4.69) is 35.8 Å². The molecule has 4 nitrogen and oxygen atoms in total. The lowest BCUT2D eigenvalue weighted by Crippen LogP contribution is -2.45. The molecule has 0 bridgehead atoms. The van der Waals surface area contributed by atoms with Crippen molar-refractivity contribution >= 4 is 5.91 Å². The molecule has 1 amide bonds. The zero-order valence-corrected chi connectivity index (χ0v) is 13.1. The van der Waals surface area contributed by atoms with E-state index in [1.807, 2.05) is 39.9 Å². The first kappa shape index (κ1) is 15.3. The summed E-state index contributed by atoms with van der Waals surface area (Å²) in [6.45, 7) is 4.16. The summed E-state index contributed by atoms with van der Waals surface area (Å²) in [4.78, 5) is 19.0. The number of carbonyl (C=O) groups excluding carboxylic acids is 1. The van der Waals surface area contributed by atoms with Crippen LogP contribution in [0.15, 0.2) is 73.9 Å². The molecule has 0 saturated heterocycles. The van der Waals surface area contributed by atoms with Crippen molar-refractivity contribution in [1.82, 2.24) is 14.5 Å². The van der Waals surface area contributed by atoms with E-state index in [1.165, 1.54) is 0 Å². The van der Waals surface area contributed by atoms with Gasteiger partial charge in [-0.25, -0.2) is 4.98 Å². The van der Waals surface area contributed by atoms with Crippen molar-refractivity contribution in [2.24, 2.45) is 0 Å². The highest BCUT2D eigenvalue weighted by Gasteiger charge is 2.31. The average molecular weight is 307 g/mol. The van der Waals surface area contributed by atoms with Crippen molar-refractivity contribution in [3.8, 4) is 0 Å². The number of benzene rings is 1. The van der Waals surface area contributed by atoms with Crippen LogP contribution >= 0.6 is 0 Å². The Kier molecular flexibility index (Phi) is 4.71. The largest absolute Gasteiger partial charge is 0.328 e. The first-order valence-corrected chi connectivity index (χ1v) is 7.89. The maximum atomic E-state index is 12.9. The normalized spacial score (nSPS) is 20.4. The summed E-state index contributed by atoms with van der Waals surface area (Å²) >= 11 is 0. The Bertz CT molecular complexity index is 676. The molecule has 1 aromatic heterocycles. The number of hydrogen-bond donors (Lipinski definition) is 0. The molecule has 118 valence electrons. The summed E-state index contributed by atoms with van der Waals surface area (Å²) in [5, 5.41) is 0. The van der Waals surface area contributed by atoms with E-state index in [0.29, 0.717) is 6.54 Å². The second-order valence-corrected chi connectivity index (χ2v) is 5.73. The van der Waals surface area contributed by atoms with Crippen LogP contribution < -0.4 is 0 Å². The Morgan fingerprint density at radius 3 is 2.87 bits per heavy atom. The minimum Gasteiger partial charge on any atom is -0.328 e. The first-order chi connectivity index (χ1) is 11.3. The van der Waals surface area contributed by atoms with E-state index in [0.717, 1.165) is 18.4 Å². The lowest BCUT2D eigenvalue weighted by Gasteiger charge is -2.39. The van der Waals surface area contributed by atoms with Crippen LogP contribution in [0.3, 0.4) is 0 Å². The van der Waals surface area contributed by atoms with Crippen LogP contribution in [0.1, 0.15) is 24.4 Å². The van der Waals surface area contributed by atoms with Gasteiger partial charge >= 0.3 is 0 Å². The molecule has 0 saturated carbocycles. The highest BCUT2D eigenvalue weighted by Crippen LogP contribution is 2.31. The zero-order valence-electron chi connectivity index (χ0n) is 13.1. The van der Waals surface area contributed by atoms with Gasteiger partial charge in [-0.15, -0.1) is 6.58 Å². The van der Waals surface area contributed by atoms with E-state index >= 15 is 0 Å². The molecule has 0 spiro atoms. The van der Waals surface area contributed by atoms with Crippen LogP contribution in [0.4, 0.5) is 0 Å². The van der Waals surface area contributed by atoms with Crippen LogP contribution in [0.5, 0.6) is 0 Å². The summed E-state index contributed by atoms with van der Waals surface area (Å²) in [5.74, 6) is 0.105. The van der Waals surface area contributed by atoms with Crippen molar-refractivity contribution in [3.05, 3.63) is 79.4 Å². The van der Waals surface area contributed by atoms with E-state index in [9.17, 15) is 4.79 Å². The van der Waals surface area contributed by atoms with Gasteiger partial charge in [0.25, 0.3) is 0 Å². The van der Waals surface area contributed by atoms with Crippen molar-refractivity contribution in [2.45, 2.75) is 31.5 Å². The van der Waals surface area contributed by atoms with Gasteiger partial charge in [0, 0.05) is 18.4 Å². The van der Waals surface area contributed by atoms with E-state index in [1.54, 1.807) is 12.5 Å². The highest BCUT2D eigenvalue weighted by molar-refractivity contribution is 5.77. The minimum atomic E-state index is -0.0223. The topological polar surface area (TPSA) is 38.1 Å². The van der Waals surface area contributed by atoms with Crippen LogP contribution in [0.25, 0.3) is 0 Å². The average Bonchev–Trinajstić information content (AvgIpc) is 3.08. The predicted molar refractivity (Wildman–Crippen MR) is 90.6 cm³/mol. The summed E-state index contributed by atoms with van der Waals surface area (Å²) in [6.07, 6.45) is 13.0. The van der Waals surface area contributed by atoms with Gasteiger partial charge in [-0.3, -0.25) is 4.79 Å². The fraction of sp³-hybridized carbons (Fsp3) is 0.263. The number of aromatic nitrogens is 2.